The lowest BCUT2D eigenvalue weighted by molar-refractivity contribution is -0.117. The number of hydrogen-bond acceptors (Lipinski definition) is 3. The minimum absolute atomic E-state index is 0.105. The maximum Gasteiger partial charge on any atom is 0.228 e. The van der Waals surface area contributed by atoms with E-state index < -0.39 is 0 Å². The maximum absolute atomic E-state index is 11.5. The number of anilines is 2. The fraction of sp³-hybridized carbons (Fsp3) is 0.538. The van der Waals surface area contributed by atoms with E-state index in [2.05, 4.69) is 29.0 Å². The van der Waals surface area contributed by atoms with Crippen molar-refractivity contribution in [3.8, 4) is 0 Å². The Morgan fingerprint density at radius 1 is 1.41 bits per heavy atom. The summed E-state index contributed by atoms with van der Waals surface area (Å²) in [5, 5.41) is 2.84. The van der Waals surface area contributed by atoms with E-state index >= 15 is 0 Å². The summed E-state index contributed by atoms with van der Waals surface area (Å²) in [6.45, 7) is 6.16. The molecule has 1 N–H and O–H groups in total. The molecule has 1 saturated carbocycles. The van der Waals surface area contributed by atoms with Gasteiger partial charge in [0.05, 0.1) is 11.9 Å². The Morgan fingerprint density at radius 2 is 2.12 bits per heavy atom. The highest BCUT2D eigenvalue weighted by molar-refractivity contribution is 5.93. The van der Waals surface area contributed by atoms with Gasteiger partial charge in [0.15, 0.2) is 0 Å². The number of pyridine rings is 1. The summed E-state index contributed by atoms with van der Waals surface area (Å²) in [4.78, 5) is 18.0. The molecule has 4 heteroatoms. The zero-order valence-electron chi connectivity index (χ0n) is 10.4. The zero-order chi connectivity index (χ0) is 12.3. The molecule has 0 bridgehead atoms. The molecule has 1 amide bonds. The van der Waals surface area contributed by atoms with E-state index in [1.54, 1.807) is 0 Å². The molecule has 1 fully saturated rings. The van der Waals surface area contributed by atoms with Crippen molar-refractivity contribution >= 4 is 17.4 Å². The Bertz CT molecular complexity index is 380. The van der Waals surface area contributed by atoms with Crippen LogP contribution in [-0.4, -0.2) is 24.0 Å². The monoisotopic (exact) mass is 233 g/mol. The fourth-order valence-electron chi connectivity index (χ4n) is 1.81. The van der Waals surface area contributed by atoms with Crippen molar-refractivity contribution in [2.75, 3.05) is 23.3 Å². The number of carbonyl (C=O) groups excluding carboxylic acids is 1. The van der Waals surface area contributed by atoms with Gasteiger partial charge in [0.2, 0.25) is 5.91 Å². The van der Waals surface area contributed by atoms with Crippen LogP contribution in [0.4, 0.5) is 11.5 Å². The largest absolute Gasteiger partial charge is 0.371 e. The molecule has 2 rings (SSSR count). The normalized spacial score (nSPS) is 14.5. The summed E-state index contributed by atoms with van der Waals surface area (Å²) in [7, 11) is 0. The minimum atomic E-state index is 0.105. The second-order valence-electron chi connectivity index (χ2n) is 4.34. The van der Waals surface area contributed by atoms with Gasteiger partial charge in [0.25, 0.3) is 0 Å². The Hall–Kier alpha value is -1.58. The molecule has 0 radical (unpaired) electrons. The number of aromatic nitrogens is 1. The molecule has 1 aromatic rings. The van der Waals surface area contributed by atoms with Crippen molar-refractivity contribution in [2.24, 2.45) is 5.92 Å². The summed E-state index contributed by atoms with van der Waals surface area (Å²) in [5.41, 5.74) is 1.10. The fourth-order valence-corrected chi connectivity index (χ4v) is 1.81. The van der Waals surface area contributed by atoms with Crippen molar-refractivity contribution < 1.29 is 4.79 Å². The van der Waals surface area contributed by atoms with Crippen LogP contribution < -0.4 is 10.2 Å². The Labute approximate surface area is 102 Å². The van der Waals surface area contributed by atoms with Crippen LogP contribution in [0.3, 0.4) is 0 Å². The van der Waals surface area contributed by atoms with Gasteiger partial charge in [-0.3, -0.25) is 4.79 Å². The number of rotatable bonds is 5. The smallest absolute Gasteiger partial charge is 0.228 e. The van der Waals surface area contributed by atoms with Crippen LogP contribution in [0.1, 0.15) is 26.7 Å². The third kappa shape index (κ3) is 2.96. The number of nitrogens with one attached hydrogen (secondary N) is 1. The van der Waals surface area contributed by atoms with Crippen LogP contribution in [0, 0.1) is 5.92 Å². The molecule has 1 aliphatic rings. The second-order valence-corrected chi connectivity index (χ2v) is 4.34. The molecular formula is C13H19N3O. The summed E-state index contributed by atoms with van der Waals surface area (Å²) in [5.74, 6) is 0.977. The quantitative estimate of drug-likeness (QED) is 0.848. The molecular weight excluding hydrogens is 214 g/mol. The van der Waals surface area contributed by atoms with Gasteiger partial charge in [-0.25, -0.2) is 4.98 Å². The Morgan fingerprint density at radius 3 is 2.59 bits per heavy atom. The van der Waals surface area contributed by atoms with Crippen LogP contribution in [0.15, 0.2) is 18.3 Å². The first-order valence-electron chi connectivity index (χ1n) is 6.26. The van der Waals surface area contributed by atoms with Crippen LogP contribution in [0.25, 0.3) is 0 Å². The minimum Gasteiger partial charge on any atom is -0.371 e. The average Bonchev–Trinajstić information content (AvgIpc) is 3.17. The third-order valence-electron chi connectivity index (χ3n) is 3.08. The summed E-state index contributed by atoms with van der Waals surface area (Å²) in [6, 6.07) is 3.87. The van der Waals surface area contributed by atoms with Gasteiger partial charge in [-0.05, 0) is 38.8 Å². The van der Waals surface area contributed by atoms with Gasteiger partial charge in [0.1, 0.15) is 5.82 Å². The maximum atomic E-state index is 11.5. The summed E-state index contributed by atoms with van der Waals surface area (Å²) < 4.78 is 0. The number of nitrogens with zero attached hydrogens (tertiary/aromatic N) is 2. The molecule has 0 saturated heterocycles. The molecule has 17 heavy (non-hydrogen) atoms. The lowest BCUT2D eigenvalue weighted by Crippen LogP contribution is -2.22. The number of carbonyl (C=O) groups is 1. The standard InChI is InChI=1S/C13H19N3O/c1-3-16(4-2)11-7-8-12(14-9-11)15-13(17)10-5-6-10/h7-10H,3-6H2,1-2H3,(H,14,15,17). The molecule has 0 spiro atoms. The van der Waals surface area contributed by atoms with E-state index in [0.717, 1.165) is 31.6 Å². The van der Waals surface area contributed by atoms with Crippen LogP contribution >= 0.6 is 0 Å². The molecule has 0 aromatic carbocycles. The van der Waals surface area contributed by atoms with Gasteiger partial charge in [0, 0.05) is 19.0 Å². The molecule has 0 aliphatic heterocycles. The second kappa shape index (κ2) is 5.17. The van der Waals surface area contributed by atoms with E-state index in [0.29, 0.717) is 5.82 Å². The predicted octanol–water partition coefficient (Wildman–Crippen LogP) is 2.28. The van der Waals surface area contributed by atoms with Crippen LogP contribution in [0.5, 0.6) is 0 Å². The third-order valence-corrected chi connectivity index (χ3v) is 3.08. The molecule has 1 heterocycles. The van der Waals surface area contributed by atoms with Crippen molar-refractivity contribution in [2.45, 2.75) is 26.7 Å². The SMILES string of the molecule is CCN(CC)c1ccc(NC(=O)C2CC2)nc1. The van der Waals surface area contributed by atoms with Gasteiger partial charge in [-0.15, -0.1) is 0 Å². The van der Waals surface area contributed by atoms with Crippen LogP contribution in [0.2, 0.25) is 0 Å². The lowest BCUT2D eigenvalue weighted by Gasteiger charge is -2.20. The molecule has 1 aromatic heterocycles. The van der Waals surface area contributed by atoms with Crippen molar-refractivity contribution in [1.82, 2.24) is 4.98 Å². The molecule has 0 atom stereocenters. The van der Waals surface area contributed by atoms with Gasteiger partial charge in [-0.1, -0.05) is 0 Å². The molecule has 4 nitrogen and oxygen atoms in total. The van der Waals surface area contributed by atoms with Crippen LogP contribution in [-0.2, 0) is 4.79 Å². The topological polar surface area (TPSA) is 45.2 Å². The van der Waals surface area contributed by atoms with E-state index in [-0.39, 0.29) is 11.8 Å². The van der Waals surface area contributed by atoms with Crippen molar-refractivity contribution in [3.63, 3.8) is 0 Å². The Balaban J connectivity index is 1.99. The zero-order valence-corrected chi connectivity index (χ0v) is 10.4. The van der Waals surface area contributed by atoms with E-state index in [1.807, 2.05) is 18.3 Å². The number of amides is 1. The first-order valence-corrected chi connectivity index (χ1v) is 6.26. The van der Waals surface area contributed by atoms with Gasteiger partial charge < -0.3 is 10.2 Å². The average molecular weight is 233 g/mol. The lowest BCUT2D eigenvalue weighted by atomic mass is 10.3. The van der Waals surface area contributed by atoms with Crippen molar-refractivity contribution in [3.05, 3.63) is 18.3 Å². The van der Waals surface area contributed by atoms with Crippen molar-refractivity contribution in [1.29, 1.82) is 0 Å². The summed E-state index contributed by atoms with van der Waals surface area (Å²) in [6.07, 6.45) is 3.85. The van der Waals surface area contributed by atoms with Gasteiger partial charge >= 0.3 is 0 Å². The highest BCUT2D eigenvalue weighted by Crippen LogP contribution is 2.30. The first kappa shape index (κ1) is 11.9. The highest BCUT2D eigenvalue weighted by atomic mass is 16.2. The summed E-state index contributed by atoms with van der Waals surface area (Å²) >= 11 is 0. The number of hydrogen-bond donors (Lipinski definition) is 1. The van der Waals surface area contributed by atoms with Gasteiger partial charge in [-0.2, -0.15) is 0 Å². The molecule has 1 aliphatic carbocycles. The first-order chi connectivity index (χ1) is 8.24. The van der Waals surface area contributed by atoms with E-state index in [1.165, 1.54) is 0 Å². The Kier molecular flexibility index (Phi) is 3.61. The highest BCUT2D eigenvalue weighted by Gasteiger charge is 2.29. The molecule has 0 unspecified atom stereocenters. The molecule has 92 valence electrons. The van der Waals surface area contributed by atoms with E-state index in [4.69, 9.17) is 0 Å². The van der Waals surface area contributed by atoms with E-state index in [9.17, 15) is 4.79 Å². The predicted molar refractivity (Wildman–Crippen MR) is 69.2 cm³/mol.